The van der Waals surface area contributed by atoms with Crippen LogP contribution in [0.3, 0.4) is 0 Å². The molecule has 0 spiro atoms. The van der Waals surface area contributed by atoms with Crippen LogP contribution in [0.1, 0.15) is 22.3 Å². The summed E-state index contributed by atoms with van der Waals surface area (Å²) in [5.74, 6) is -1.24. The largest absolute Gasteiger partial charge is 0.481 e. The van der Waals surface area contributed by atoms with Gasteiger partial charge in [0.2, 0.25) is 5.95 Å². The summed E-state index contributed by atoms with van der Waals surface area (Å²) >= 11 is 11.9. The van der Waals surface area contributed by atoms with Crippen molar-refractivity contribution in [2.45, 2.75) is 19.5 Å². The quantitative estimate of drug-likeness (QED) is 0.620. The molecule has 0 unspecified atom stereocenters. The van der Waals surface area contributed by atoms with Crippen LogP contribution in [0.4, 0.5) is 5.95 Å². The molecule has 3 aromatic rings. The smallest absolute Gasteiger partial charge is 0.305 e. The molecule has 1 amide bonds. The summed E-state index contributed by atoms with van der Waals surface area (Å²) in [6.45, 7) is 0.589. The number of aliphatic carboxylic acids is 1. The van der Waals surface area contributed by atoms with Crippen molar-refractivity contribution in [3.63, 3.8) is 0 Å². The maximum Gasteiger partial charge on any atom is 0.305 e. The summed E-state index contributed by atoms with van der Waals surface area (Å²) in [4.78, 5) is 26.8. The van der Waals surface area contributed by atoms with Gasteiger partial charge in [-0.05, 0) is 17.7 Å². The Morgan fingerprint density at radius 3 is 2.74 bits per heavy atom. The topological polar surface area (TPSA) is 115 Å². The molecule has 0 saturated carbocycles. The number of carboxylic acid groups (broad SMARTS) is 1. The number of aryl methyl sites for hydroxylation is 1. The van der Waals surface area contributed by atoms with Crippen molar-refractivity contribution in [1.82, 2.24) is 24.5 Å². The van der Waals surface area contributed by atoms with Gasteiger partial charge in [0.1, 0.15) is 6.33 Å². The molecule has 3 rings (SSSR count). The lowest BCUT2D eigenvalue weighted by Gasteiger charge is -2.03. The first-order chi connectivity index (χ1) is 12.9. The van der Waals surface area contributed by atoms with Crippen LogP contribution in [-0.2, 0) is 17.9 Å². The Labute approximate surface area is 163 Å². The number of carbonyl (C=O) groups excluding carboxylic acids is 1. The highest BCUT2D eigenvalue weighted by Gasteiger charge is 2.12. The second kappa shape index (κ2) is 8.19. The van der Waals surface area contributed by atoms with E-state index in [-0.39, 0.29) is 24.5 Å². The third-order valence-electron chi connectivity index (χ3n) is 3.54. The number of anilines is 1. The fourth-order valence-electron chi connectivity index (χ4n) is 2.24. The summed E-state index contributed by atoms with van der Waals surface area (Å²) in [5, 5.41) is 20.3. The van der Waals surface area contributed by atoms with Crippen molar-refractivity contribution in [2.24, 2.45) is 0 Å². The Balaban J connectivity index is 1.60. The number of nitrogens with zero attached hydrogens (tertiary/aromatic N) is 5. The highest BCUT2D eigenvalue weighted by atomic mass is 35.5. The van der Waals surface area contributed by atoms with Gasteiger partial charge < -0.3 is 5.11 Å². The number of hydrogen-bond donors (Lipinski definition) is 2. The molecule has 0 radical (unpaired) electrons. The number of amides is 1. The molecule has 2 N–H and O–H groups in total. The Kier molecular flexibility index (Phi) is 5.72. The van der Waals surface area contributed by atoms with Crippen molar-refractivity contribution >= 4 is 41.0 Å². The molecule has 0 atom stereocenters. The Morgan fingerprint density at radius 1 is 1.19 bits per heavy atom. The van der Waals surface area contributed by atoms with E-state index in [0.29, 0.717) is 16.6 Å². The average molecular weight is 409 g/mol. The van der Waals surface area contributed by atoms with Crippen LogP contribution in [-0.4, -0.2) is 41.5 Å². The van der Waals surface area contributed by atoms with Gasteiger partial charge in [-0.25, -0.2) is 9.67 Å². The lowest BCUT2D eigenvalue weighted by Crippen LogP contribution is -2.13. The molecule has 2 heterocycles. The van der Waals surface area contributed by atoms with Gasteiger partial charge in [0.25, 0.3) is 5.91 Å². The fourth-order valence-corrected chi connectivity index (χ4v) is 2.56. The van der Waals surface area contributed by atoms with Gasteiger partial charge in [-0.15, -0.1) is 5.10 Å². The molecule has 27 heavy (non-hydrogen) atoms. The molecule has 11 heteroatoms. The van der Waals surface area contributed by atoms with E-state index >= 15 is 0 Å². The van der Waals surface area contributed by atoms with Gasteiger partial charge >= 0.3 is 5.97 Å². The second-order valence-electron chi connectivity index (χ2n) is 5.60. The third kappa shape index (κ3) is 5.05. The molecule has 0 saturated heterocycles. The molecule has 0 aliphatic rings. The number of carbonyl (C=O) groups is 2. The predicted molar refractivity (Wildman–Crippen MR) is 98.0 cm³/mol. The molecule has 1 aromatic carbocycles. The van der Waals surface area contributed by atoms with Gasteiger partial charge in [0.05, 0.1) is 41.3 Å². The van der Waals surface area contributed by atoms with Crippen molar-refractivity contribution < 1.29 is 14.7 Å². The number of aromatic nitrogens is 5. The van der Waals surface area contributed by atoms with Crippen LogP contribution in [0.5, 0.6) is 0 Å². The van der Waals surface area contributed by atoms with E-state index in [9.17, 15) is 9.59 Å². The molecule has 2 aromatic heterocycles. The summed E-state index contributed by atoms with van der Waals surface area (Å²) < 4.78 is 2.94. The van der Waals surface area contributed by atoms with Gasteiger partial charge in [0, 0.05) is 6.20 Å². The standard InChI is InChI=1S/C16H14Cl2N6O3/c17-12-2-1-10(5-13(12)18)7-24-9-19-16(22-24)21-15(27)11-6-20-23(8-11)4-3-14(25)26/h1-2,5-6,8-9H,3-4,7H2,(H,25,26)(H,21,22,27). The normalized spacial score (nSPS) is 10.7. The monoisotopic (exact) mass is 408 g/mol. The minimum atomic E-state index is -0.937. The zero-order valence-electron chi connectivity index (χ0n) is 13.8. The van der Waals surface area contributed by atoms with E-state index in [0.717, 1.165) is 5.56 Å². The van der Waals surface area contributed by atoms with E-state index < -0.39 is 11.9 Å². The van der Waals surface area contributed by atoms with E-state index in [1.807, 2.05) is 6.07 Å². The lowest BCUT2D eigenvalue weighted by molar-refractivity contribution is -0.137. The summed E-state index contributed by atoms with van der Waals surface area (Å²) in [7, 11) is 0. The molecule has 9 nitrogen and oxygen atoms in total. The van der Waals surface area contributed by atoms with Gasteiger partial charge in [-0.3, -0.25) is 19.6 Å². The van der Waals surface area contributed by atoms with Crippen LogP contribution in [0, 0.1) is 0 Å². The molecule has 0 bridgehead atoms. The van der Waals surface area contributed by atoms with Crippen LogP contribution in [0.25, 0.3) is 0 Å². The van der Waals surface area contributed by atoms with Crippen LogP contribution in [0.15, 0.2) is 36.9 Å². The maximum atomic E-state index is 12.2. The first-order valence-corrected chi connectivity index (χ1v) is 8.55. The summed E-state index contributed by atoms with van der Waals surface area (Å²) in [5.41, 5.74) is 1.16. The number of halogens is 2. The number of carboxylic acids is 1. The summed E-state index contributed by atoms with van der Waals surface area (Å²) in [6, 6.07) is 5.25. The Morgan fingerprint density at radius 2 is 2.00 bits per heavy atom. The lowest BCUT2D eigenvalue weighted by atomic mass is 10.2. The van der Waals surface area contributed by atoms with E-state index in [2.05, 4.69) is 20.5 Å². The van der Waals surface area contributed by atoms with Crippen molar-refractivity contribution in [1.29, 1.82) is 0 Å². The fraction of sp³-hybridized carbons (Fsp3) is 0.188. The maximum absolute atomic E-state index is 12.2. The zero-order chi connectivity index (χ0) is 19.4. The number of benzene rings is 1. The molecule has 0 fully saturated rings. The van der Waals surface area contributed by atoms with Gasteiger partial charge in [0.15, 0.2) is 0 Å². The van der Waals surface area contributed by atoms with Crippen LogP contribution >= 0.6 is 23.2 Å². The Hall–Kier alpha value is -2.91. The molecular formula is C16H14Cl2N6O3. The minimum Gasteiger partial charge on any atom is -0.481 e. The Bertz CT molecular complexity index is 984. The third-order valence-corrected chi connectivity index (χ3v) is 4.28. The average Bonchev–Trinajstić information content (AvgIpc) is 3.26. The first-order valence-electron chi connectivity index (χ1n) is 7.79. The van der Waals surface area contributed by atoms with Gasteiger partial charge in [-0.2, -0.15) is 5.10 Å². The summed E-state index contributed by atoms with van der Waals surface area (Å²) in [6.07, 6.45) is 4.21. The predicted octanol–water partition coefficient (Wildman–Crippen LogP) is 2.56. The van der Waals surface area contributed by atoms with Gasteiger partial charge in [-0.1, -0.05) is 29.3 Å². The van der Waals surface area contributed by atoms with E-state index in [1.54, 1.807) is 16.8 Å². The second-order valence-corrected chi connectivity index (χ2v) is 6.42. The highest BCUT2D eigenvalue weighted by molar-refractivity contribution is 6.42. The number of nitrogens with one attached hydrogen (secondary N) is 1. The SMILES string of the molecule is O=C(O)CCn1cc(C(=O)Nc2ncn(Cc3ccc(Cl)c(Cl)c3)n2)cn1. The number of hydrogen-bond acceptors (Lipinski definition) is 5. The van der Waals surface area contributed by atoms with Crippen molar-refractivity contribution in [3.8, 4) is 0 Å². The first kappa shape index (κ1) is 18.9. The molecule has 0 aliphatic carbocycles. The molecule has 140 valence electrons. The molecular weight excluding hydrogens is 395 g/mol. The van der Waals surface area contributed by atoms with Crippen LogP contribution < -0.4 is 5.32 Å². The van der Waals surface area contributed by atoms with Crippen LogP contribution in [0.2, 0.25) is 10.0 Å². The zero-order valence-corrected chi connectivity index (χ0v) is 15.4. The van der Waals surface area contributed by atoms with Crippen molar-refractivity contribution in [2.75, 3.05) is 5.32 Å². The number of rotatable bonds is 7. The van der Waals surface area contributed by atoms with Crippen molar-refractivity contribution in [3.05, 3.63) is 58.1 Å². The van der Waals surface area contributed by atoms with E-state index in [4.69, 9.17) is 28.3 Å². The molecule has 0 aliphatic heterocycles. The highest BCUT2D eigenvalue weighted by Crippen LogP contribution is 2.22. The minimum absolute atomic E-state index is 0.0799. The van der Waals surface area contributed by atoms with E-state index in [1.165, 1.54) is 23.4 Å².